The van der Waals surface area contributed by atoms with Crippen molar-refractivity contribution in [3.05, 3.63) is 65.5 Å². The van der Waals surface area contributed by atoms with E-state index in [1.165, 1.54) is 0 Å². The third kappa shape index (κ3) is 3.23. The number of benzene rings is 1. The van der Waals surface area contributed by atoms with Crippen LogP contribution in [0.25, 0.3) is 5.70 Å². The van der Waals surface area contributed by atoms with Crippen LogP contribution in [0.1, 0.15) is 27.2 Å². The molecule has 4 nitrogen and oxygen atoms in total. The molecule has 1 heterocycles. The molecule has 0 saturated heterocycles. The van der Waals surface area contributed by atoms with Gasteiger partial charge >= 0.3 is 0 Å². The van der Waals surface area contributed by atoms with Gasteiger partial charge in [-0.2, -0.15) is 0 Å². The van der Waals surface area contributed by atoms with Crippen LogP contribution in [0.15, 0.2) is 43.1 Å². The van der Waals surface area contributed by atoms with Crippen LogP contribution < -0.4 is 11.1 Å². The van der Waals surface area contributed by atoms with Gasteiger partial charge < -0.3 is 11.1 Å². The molecule has 0 aliphatic heterocycles. The van der Waals surface area contributed by atoms with Gasteiger partial charge in [-0.1, -0.05) is 24.3 Å². The molecular weight excluding hydrogens is 250 g/mol. The first-order valence-electron chi connectivity index (χ1n) is 6.29. The highest BCUT2D eigenvalue weighted by Crippen LogP contribution is 2.20. The minimum absolute atomic E-state index is 0.426. The van der Waals surface area contributed by atoms with Crippen LogP contribution in [0, 0.1) is 6.92 Å². The summed E-state index contributed by atoms with van der Waals surface area (Å²) in [5.41, 5.74) is 10.9. The Morgan fingerprint density at radius 1 is 1.40 bits per heavy atom. The number of nitrogens with two attached hydrogens (primary N) is 1. The second-order valence-corrected chi connectivity index (χ2v) is 4.63. The molecule has 0 radical (unpaired) electrons. The van der Waals surface area contributed by atoms with Gasteiger partial charge in [-0.15, -0.1) is 0 Å². The van der Waals surface area contributed by atoms with Crippen LogP contribution >= 0.6 is 0 Å². The van der Waals surface area contributed by atoms with Crippen LogP contribution in [0.3, 0.4) is 0 Å². The predicted octanol–water partition coefficient (Wildman–Crippen LogP) is 2.55. The highest BCUT2D eigenvalue weighted by Gasteiger charge is 2.04. The summed E-state index contributed by atoms with van der Waals surface area (Å²) in [7, 11) is 0. The van der Waals surface area contributed by atoms with E-state index in [9.17, 15) is 4.79 Å². The number of pyridine rings is 1. The average molecular weight is 267 g/mol. The lowest BCUT2D eigenvalue weighted by molar-refractivity contribution is 0.111. The van der Waals surface area contributed by atoms with Crippen molar-refractivity contribution in [2.24, 2.45) is 0 Å². The fraction of sp³-hybridized carbons (Fsp3) is 0.125. The maximum Gasteiger partial charge on any atom is 0.168 e. The number of anilines is 1. The second-order valence-electron chi connectivity index (χ2n) is 4.63. The molecule has 4 heteroatoms. The number of nitrogen functional groups attached to an aromatic ring is 1. The molecule has 20 heavy (non-hydrogen) atoms. The van der Waals surface area contributed by atoms with E-state index in [4.69, 9.17) is 5.73 Å². The summed E-state index contributed by atoms with van der Waals surface area (Å²) in [6.07, 6.45) is 2.40. The van der Waals surface area contributed by atoms with Crippen molar-refractivity contribution < 1.29 is 4.79 Å². The highest BCUT2D eigenvalue weighted by molar-refractivity contribution is 5.73. The van der Waals surface area contributed by atoms with Gasteiger partial charge in [0.05, 0.1) is 0 Å². The number of hydrogen-bond donors (Lipinski definition) is 2. The van der Waals surface area contributed by atoms with E-state index in [-0.39, 0.29) is 0 Å². The van der Waals surface area contributed by atoms with E-state index in [2.05, 4.69) is 16.9 Å². The molecule has 102 valence electrons. The van der Waals surface area contributed by atoms with Crippen LogP contribution in [0.5, 0.6) is 0 Å². The van der Waals surface area contributed by atoms with Crippen LogP contribution in [-0.4, -0.2) is 11.3 Å². The van der Waals surface area contributed by atoms with Gasteiger partial charge in [0.25, 0.3) is 0 Å². The van der Waals surface area contributed by atoms with E-state index >= 15 is 0 Å². The van der Waals surface area contributed by atoms with Crippen molar-refractivity contribution in [3.8, 4) is 0 Å². The molecule has 0 amide bonds. The summed E-state index contributed by atoms with van der Waals surface area (Å²) in [5.74, 6) is 0. The summed E-state index contributed by atoms with van der Waals surface area (Å²) in [6.45, 7) is 6.60. The predicted molar refractivity (Wildman–Crippen MR) is 81.1 cm³/mol. The molecule has 1 aromatic carbocycles. The lowest BCUT2D eigenvalue weighted by atomic mass is 10.1. The maximum absolute atomic E-state index is 10.5. The van der Waals surface area contributed by atoms with E-state index < -0.39 is 0 Å². The number of carbonyl (C=O) groups is 1. The van der Waals surface area contributed by atoms with Gasteiger partial charge in [0.15, 0.2) is 6.29 Å². The number of nitrogens with zero attached hydrogens (tertiary/aromatic N) is 1. The van der Waals surface area contributed by atoms with Crippen molar-refractivity contribution in [2.45, 2.75) is 13.5 Å². The number of aryl methyl sites for hydroxylation is 1. The highest BCUT2D eigenvalue weighted by atomic mass is 16.1. The first-order chi connectivity index (χ1) is 9.60. The van der Waals surface area contributed by atoms with Crippen molar-refractivity contribution in [1.82, 2.24) is 10.3 Å². The van der Waals surface area contributed by atoms with Gasteiger partial charge in [-0.05, 0) is 30.7 Å². The minimum Gasteiger partial charge on any atom is -0.398 e. The normalized spacial score (nSPS) is 10.1. The molecule has 0 atom stereocenters. The smallest absolute Gasteiger partial charge is 0.168 e. The zero-order valence-electron chi connectivity index (χ0n) is 11.4. The van der Waals surface area contributed by atoms with Crippen molar-refractivity contribution >= 4 is 17.7 Å². The molecule has 0 unspecified atom stereocenters. The monoisotopic (exact) mass is 267 g/mol. The molecule has 3 N–H and O–H groups in total. The summed E-state index contributed by atoms with van der Waals surface area (Å²) >= 11 is 0. The first-order valence-corrected chi connectivity index (χ1v) is 6.29. The van der Waals surface area contributed by atoms with Gasteiger partial charge in [-0.25, -0.2) is 0 Å². The van der Waals surface area contributed by atoms with Gasteiger partial charge in [-0.3, -0.25) is 9.78 Å². The number of carbonyl (C=O) groups excluding carboxylic acids is 1. The van der Waals surface area contributed by atoms with Crippen molar-refractivity contribution in [3.63, 3.8) is 0 Å². The largest absolute Gasteiger partial charge is 0.398 e. The van der Waals surface area contributed by atoms with E-state index in [1.807, 2.05) is 31.2 Å². The van der Waals surface area contributed by atoms with Gasteiger partial charge in [0.2, 0.25) is 0 Å². The van der Waals surface area contributed by atoms with Gasteiger partial charge in [0.1, 0.15) is 5.69 Å². The van der Waals surface area contributed by atoms with Gasteiger partial charge in [0, 0.05) is 29.7 Å². The Kier molecular flexibility index (Phi) is 4.15. The van der Waals surface area contributed by atoms with Crippen molar-refractivity contribution in [1.29, 1.82) is 0 Å². The molecule has 2 rings (SSSR count). The molecule has 0 aliphatic carbocycles. The topological polar surface area (TPSA) is 68.0 Å². The van der Waals surface area contributed by atoms with Crippen LogP contribution in [0.4, 0.5) is 5.69 Å². The molecule has 0 saturated carbocycles. The Labute approximate surface area is 118 Å². The number of hydrogen-bond acceptors (Lipinski definition) is 4. The molecule has 0 bridgehead atoms. The molecule has 0 spiro atoms. The second kappa shape index (κ2) is 6.02. The van der Waals surface area contributed by atoms with Crippen molar-refractivity contribution in [2.75, 3.05) is 5.73 Å². The van der Waals surface area contributed by atoms with Crippen LogP contribution in [0.2, 0.25) is 0 Å². The Morgan fingerprint density at radius 3 is 2.85 bits per heavy atom. The van der Waals surface area contributed by atoms with Crippen LogP contribution in [-0.2, 0) is 6.54 Å². The maximum atomic E-state index is 10.5. The molecular formula is C16H17N3O. The first kappa shape index (κ1) is 13.8. The Morgan fingerprint density at radius 2 is 2.20 bits per heavy atom. The number of aromatic nitrogens is 1. The standard InChI is InChI=1S/C16H17N3O/c1-11-3-6-16(17)15(7-11)12(2)18-8-13-4-5-14(10-20)19-9-13/h3-7,9-10,18H,2,8,17H2,1H3. The summed E-state index contributed by atoms with van der Waals surface area (Å²) < 4.78 is 0. The van der Waals surface area contributed by atoms with E-state index in [1.54, 1.807) is 12.3 Å². The summed E-state index contributed by atoms with van der Waals surface area (Å²) in [5, 5.41) is 3.22. The lowest BCUT2D eigenvalue weighted by Crippen LogP contribution is -2.12. The molecule has 1 aromatic heterocycles. The zero-order chi connectivity index (χ0) is 14.5. The molecule has 0 aliphatic rings. The average Bonchev–Trinajstić information content (AvgIpc) is 2.47. The molecule has 0 fully saturated rings. The Balaban J connectivity index is 2.04. The Hall–Kier alpha value is -2.62. The number of nitrogens with one attached hydrogen (secondary N) is 1. The fourth-order valence-electron chi connectivity index (χ4n) is 1.85. The van der Waals surface area contributed by atoms with E-state index in [0.29, 0.717) is 17.9 Å². The summed E-state index contributed by atoms with van der Waals surface area (Å²) in [4.78, 5) is 14.5. The lowest BCUT2D eigenvalue weighted by Gasteiger charge is -2.12. The number of rotatable bonds is 5. The van der Waals surface area contributed by atoms with E-state index in [0.717, 1.165) is 28.7 Å². The third-order valence-corrected chi connectivity index (χ3v) is 3.01. The number of aldehydes is 1. The zero-order valence-corrected chi connectivity index (χ0v) is 11.4. The summed E-state index contributed by atoms with van der Waals surface area (Å²) in [6, 6.07) is 9.38. The third-order valence-electron chi connectivity index (χ3n) is 3.01. The minimum atomic E-state index is 0.426. The fourth-order valence-corrected chi connectivity index (χ4v) is 1.85. The molecule has 2 aromatic rings. The Bertz CT molecular complexity index is 633. The SMILES string of the molecule is C=C(NCc1ccc(C=O)nc1)c1cc(C)ccc1N. The quantitative estimate of drug-likeness (QED) is 0.645.